The Balaban J connectivity index is 2.30. The second-order valence-corrected chi connectivity index (χ2v) is 5.33. The average molecular weight is 274 g/mol. The van der Waals surface area contributed by atoms with Crippen molar-refractivity contribution < 1.29 is 4.79 Å². The summed E-state index contributed by atoms with van der Waals surface area (Å²) in [4.78, 5) is 23.2. The third-order valence-electron chi connectivity index (χ3n) is 3.35. The number of hydrogen-bond acceptors (Lipinski definition) is 4. The van der Waals surface area contributed by atoms with Crippen molar-refractivity contribution in [2.75, 3.05) is 24.5 Å². The molecule has 0 atom stereocenters. The maximum atomic E-state index is 12.1. The van der Waals surface area contributed by atoms with E-state index in [1.54, 1.807) is 12.1 Å². The van der Waals surface area contributed by atoms with Crippen molar-refractivity contribution in [1.82, 2.24) is 15.3 Å². The summed E-state index contributed by atoms with van der Waals surface area (Å²) < 4.78 is 0. The Hall–Kier alpha value is -1.91. The molecule has 0 saturated carbocycles. The summed E-state index contributed by atoms with van der Waals surface area (Å²) >= 11 is 0. The highest BCUT2D eigenvalue weighted by atomic mass is 16.1. The molecular formula is C15H22N4O. The molecule has 1 amide bonds. The quantitative estimate of drug-likeness (QED) is 0.836. The van der Waals surface area contributed by atoms with Gasteiger partial charge in [-0.25, -0.2) is 9.97 Å². The van der Waals surface area contributed by atoms with Gasteiger partial charge in [-0.15, -0.1) is 6.58 Å². The second kappa shape index (κ2) is 6.50. The molecule has 0 aromatic carbocycles. The van der Waals surface area contributed by atoms with Gasteiger partial charge >= 0.3 is 0 Å². The largest absolute Gasteiger partial charge is 0.347 e. The molecule has 1 aliphatic rings. The number of carbonyl (C=O) groups excluding carboxylic acids is 1. The highest BCUT2D eigenvalue weighted by Gasteiger charge is 2.19. The van der Waals surface area contributed by atoms with E-state index in [0.29, 0.717) is 18.2 Å². The highest BCUT2D eigenvalue weighted by molar-refractivity contribution is 5.92. The molecule has 108 valence electrons. The molecule has 1 saturated heterocycles. The third kappa shape index (κ3) is 3.35. The van der Waals surface area contributed by atoms with Crippen LogP contribution in [0.25, 0.3) is 0 Å². The molecular weight excluding hydrogens is 252 g/mol. The number of nitrogens with one attached hydrogen (secondary N) is 1. The number of carbonyl (C=O) groups is 1. The van der Waals surface area contributed by atoms with Gasteiger partial charge in [-0.1, -0.05) is 19.9 Å². The molecule has 1 N–H and O–H groups in total. The summed E-state index contributed by atoms with van der Waals surface area (Å²) in [6.45, 7) is 10.1. The van der Waals surface area contributed by atoms with E-state index in [1.807, 2.05) is 0 Å². The van der Waals surface area contributed by atoms with Crippen molar-refractivity contribution in [3.8, 4) is 0 Å². The van der Waals surface area contributed by atoms with E-state index in [2.05, 4.69) is 40.6 Å². The third-order valence-corrected chi connectivity index (χ3v) is 3.35. The molecule has 2 rings (SSSR count). The van der Waals surface area contributed by atoms with E-state index >= 15 is 0 Å². The molecule has 20 heavy (non-hydrogen) atoms. The summed E-state index contributed by atoms with van der Waals surface area (Å²) in [6, 6.07) is 1.78. The minimum Gasteiger partial charge on any atom is -0.347 e. The van der Waals surface area contributed by atoms with Crippen molar-refractivity contribution in [2.45, 2.75) is 32.6 Å². The summed E-state index contributed by atoms with van der Waals surface area (Å²) in [5, 5.41) is 2.77. The van der Waals surface area contributed by atoms with Crippen molar-refractivity contribution in [3.05, 3.63) is 30.1 Å². The zero-order valence-corrected chi connectivity index (χ0v) is 12.2. The Bertz CT molecular complexity index is 493. The first kappa shape index (κ1) is 14.5. The lowest BCUT2D eigenvalue weighted by molar-refractivity contribution is 0.0953. The summed E-state index contributed by atoms with van der Waals surface area (Å²) in [6.07, 6.45) is 3.98. The van der Waals surface area contributed by atoms with Gasteiger partial charge in [0.1, 0.15) is 5.69 Å². The summed E-state index contributed by atoms with van der Waals surface area (Å²) in [5.74, 6) is 0.775. The fourth-order valence-electron chi connectivity index (χ4n) is 2.18. The van der Waals surface area contributed by atoms with Gasteiger partial charge in [0.2, 0.25) is 5.95 Å². The van der Waals surface area contributed by atoms with Crippen molar-refractivity contribution in [3.63, 3.8) is 0 Å². The maximum Gasteiger partial charge on any atom is 0.270 e. The van der Waals surface area contributed by atoms with Crippen LogP contribution in [0, 0.1) is 0 Å². The molecule has 1 aromatic heterocycles. The van der Waals surface area contributed by atoms with Crippen LogP contribution in [-0.2, 0) is 0 Å². The van der Waals surface area contributed by atoms with Gasteiger partial charge in [-0.2, -0.15) is 0 Å². The summed E-state index contributed by atoms with van der Waals surface area (Å²) in [5.41, 5.74) is 1.35. The molecule has 1 fully saturated rings. The molecule has 2 heterocycles. The lowest BCUT2D eigenvalue weighted by atomic mass is 10.1. The summed E-state index contributed by atoms with van der Waals surface area (Å²) in [7, 11) is 0. The number of nitrogens with zero attached hydrogens (tertiary/aromatic N) is 3. The predicted octanol–water partition coefficient (Wildman–Crippen LogP) is 2.12. The fraction of sp³-hybridized carbons (Fsp3) is 0.533. The van der Waals surface area contributed by atoms with Crippen molar-refractivity contribution >= 4 is 11.9 Å². The predicted molar refractivity (Wildman–Crippen MR) is 80.1 cm³/mol. The second-order valence-electron chi connectivity index (χ2n) is 5.33. The molecule has 1 aromatic rings. The van der Waals surface area contributed by atoms with Gasteiger partial charge < -0.3 is 10.2 Å². The van der Waals surface area contributed by atoms with Crippen LogP contribution in [0.4, 0.5) is 5.95 Å². The highest BCUT2D eigenvalue weighted by Crippen LogP contribution is 2.20. The number of hydrogen-bond donors (Lipinski definition) is 1. The van der Waals surface area contributed by atoms with Crippen LogP contribution >= 0.6 is 0 Å². The smallest absolute Gasteiger partial charge is 0.270 e. The Morgan fingerprint density at radius 3 is 2.75 bits per heavy atom. The monoisotopic (exact) mass is 274 g/mol. The Kier molecular flexibility index (Phi) is 4.71. The van der Waals surface area contributed by atoms with E-state index < -0.39 is 0 Å². The van der Waals surface area contributed by atoms with Crippen LogP contribution < -0.4 is 10.2 Å². The maximum absolute atomic E-state index is 12.1. The molecule has 5 heteroatoms. The van der Waals surface area contributed by atoms with Crippen LogP contribution in [0.5, 0.6) is 0 Å². The molecule has 0 bridgehead atoms. The molecule has 5 nitrogen and oxygen atoms in total. The molecule has 0 aliphatic carbocycles. The zero-order chi connectivity index (χ0) is 14.5. The molecule has 0 spiro atoms. The Labute approximate surface area is 120 Å². The van der Waals surface area contributed by atoms with E-state index in [9.17, 15) is 4.79 Å². The van der Waals surface area contributed by atoms with Crippen LogP contribution in [0.15, 0.2) is 18.7 Å². The first-order chi connectivity index (χ1) is 9.61. The van der Waals surface area contributed by atoms with Gasteiger partial charge in [-0.3, -0.25) is 4.79 Å². The van der Waals surface area contributed by atoms with Crippen LogP contribution in [0.3, 0.4) is 0 Å². The van der Waals surface area contributed by atoms with Gasteiger partial charge in [0, 0.05) is 25.3 Å². The Morgan fingerprint density at radius 2 is 2.15 bits per heavy atom. The van der Waals surface area contributed by atoms with Crippen molar-refractivity contribution in [2.24, 2.45) is 0 Å². The molecule has 1 aliphatic heterocycles. The fourth-order valence-corrected chi connectivity index (χ4v) is 2.18. The van der Waals surface area contributed by atoms with Crippen LogP contribution in [0.2, 0.25) is 0 Å². The number of amides is 1. The van der Waals surface area contributed by atoms with E-state index in [1.165, 1.54) is 0 Å². The normalized spacial score (nSPS) is 14.7. The van der Waals surface area contributed by atoms with Gasteiger partial charge in [-0.05, 0) is 24.8 Å². The standard InChI is InChI=1S/C15H22N4O/c1-4-7-16-14(20)13-10-12(11(2)3)17-15(18-13)19-8-5-6-9-19/h4,10-11H,1,5-9H2,2-3H3,(H,16,20). The van der Waals surface area contributed by atoms with E-state index in [4.69, 9.17) is 0 Å². The van der Waals surface area contributed by atoms with Gasteiger partial charge in [0.15, 0.2) is 0 Å². The topological polar surface area (TPSA) is 58.1 Å². The average Bonchev–Trinajstić information content (AvgIpc) is 2.98. The number of anilines is 1. The Morgan fingerprint density at radius 1 is 1.45 bits per heavy atom. The number of aromatic nitrogens is 2. The number of rotatable bonds is 5. The SMILES string of the molecule is C=CCNC(=O)c1cc(C(C)C)nc(N2CCCC2)n1. The minimum atomic E-state index is -0.172. The van der Waals surface area contributed by atoms with E-state index in [-0.39, 0.29) is 11.8 Å². The first-order valence-corrected chi connectivity index (χ1v) is 7.15. The van der Waals surface area contributed by atoms with Crippen molar-refractivity contribution in [1.29, 1.82) is 0 Å². The zero-order valence-electron chi connectivity index (χ0n) is 12.2. The van der Waals surface area contributed by atoms with Gasteiger partial charge in [0.05, 0.1) is 0 Å². The first-order valence-electron chi connectivity index (χ1n) is 7.15. The molecule has 0 unspecified atom stereocenters. The van der Waals surface area contributed by atoms with Crippen LogP contribution in [0.1, 0.15) is 48.8 Å². The van der Waals surface area contributed by atoms with Crippen LogP contribution in [-0.4, -0.2) is 35.5 Å². The van der Waals surface area contributed by atoms with E-state index in [0.717, 1.165) is 31.6 Å². The molecule has 0 radical (unpaired) electrons. The van der Waals surface area contributed by atoms with Gasteiger partial charge in [0.25, 0.3) is 5.91 Å². The minimum absolute atomic E-state index is 0.172. The lowest BCUT2D eigenvalue weighted by Gasteiger charge is -2.18. The lowest BCUT2D eigenvalue weighted by Crippen LogP contribution is -2.27.